The number of benzene rings is 2. The number of nitrogens with one attached hydrogen (secondary N) is 1. The predicted molar refractivity (Wildman–Crippen MR) is 119 cm³/mol. The molecule has 0 aliphatic carbocycles. The molecule has 30 heavy (non-hydrogen) atoms. The van der Waals surface area contributed by atoms with Crippen molar-refractivity contribution in [3.8, 4) is 16.9 Å². The molecule has 0 aliphatic heterocycles. The number of rotatable bonds is 5. The van der Waals surface area contributed by atoms with Crippen molar-refractivity contribution in [2.75, 3.05) is 5.32 Å². The summed E-state index contributed by atoms with van der Waals surface area (Å²) in [4.78, 5) is 16.3. The standard InChI is InChI=1S/C21H18Cl2N6O/c1-12-19(28(2)11-25-12)13-6-8-14(9-7-13)26-17-10-29(27-18(17)21(24)30)20-15(22)4-3-5-16(20)23/h3-11,26H,1-2H3,(H2,24,30). The molecule has 4 rings (SSSR count). The number of hydrogen-bond acceptors (Lipinski definition) is 4. The molecule has 0 radical (unpaired) electrons. The molecule has 0 saturated heterocycles. The van der Waals surface area contributed by atoms with E-state index in [1.165, 1.54) is 4.68 Å². The zero-order chi connectivity index (χ0) is 21.4. The molecule has 7 nitrogen and oxygen atoms in total. The van der Waals surface area contributed by atoms with E-state index in [-0.39, 0.29) is 5.69 Å². The number of primary amides is 1. The molecule has 0 aliphatic rings. The molecule has 0 atom stereocenters. The molecule has 2 heterocycles. The van der Waals surface area contributed by atoms with Crippen LogP contribution in [0, 0.1) is 6.92 Å². The molecule has 0 unspecified atom stereocenters. The number of carbonyl (C=O) groups is 1. The molecule has 152 valence electrons. The van der Waals surface area contributed by atoms with Crippen molar-refractivity contribution in [1.29, 1.82) is 0 Å². The summed E-state index contributed by atoms with van der Waals surface area (Å²) in [5.74, 6) is -0.665. The molecule has 0 bridgehead atoms. The predicted octanol–water partition coefficient (Wildman–Crippen LogP) is 4.73. The topological polar surface area (TPSA) is 90.8 Å². The first kappa shape index (κ1) is 20.0. The molecule has 9 heteroatoms. The van der Waals surface area contributed by atoms with Crippen LogP contribution in [0.1, 0.15) is 16.2 Å². The van der Waals surface area contributed by atoms with Crippen LogP contribution in [-0.2, 0) is 7.05 Å². The second kappa shape index (κ2) is 7.85. The Kier molecular flexibility index (Phi) is 5.24. The minimum absolute atomic E-state index is 0.0811. The van der Waals surface area contributed by atoms with E-state index in [9.17, 15) is 4.79 Å². The van der Waals surface area contributed by atoms with E-state index < -0.39 is 5.91 Å². The first-order valence-corrected chi connectivity index (χ1v) is 9.80. The highest BCUT2D eigenvalue weighted by atomic mass is 35.5. The first-order valence-electron chi connectivity index (χ1n) is 9.04. The molecule has 1 amide bonds. The van der Waals surface area contributed by atoms with Gasteiger partial charge in [-0.2, -0.15) is 5.10 Å². The van der Waals surface area contributed by atoms with Gasteiger partial charge in [-0.05, 0) is 31.2 Å². The maximum Gasteiger partial charge on any atom is 0.271 e. The fourth-order valence-electron chi connectivity index (χ4n) is 3.30. The highest BCUT2D eigenvalue weighted by Gasteiger charge is 2.18. The van der Waals surface area contributed by atoms with Gasteiger partial charge in [-0.1, -0.05) is 41.4 Å². The van der Waals surface area contributed by atoms with Crippen LogP contribution >= 0.6 is 23.2 Å². The van der Waals surface area contributed by atoms with Crippen LogP contribution in [0.4, 0.5) is 11.4 Å². The first-order chi connectivity index (χ1) is 14.3. The Morgan fingerprint density at radius 1 is 1.10 bits per heavy atom. The quantitative estimate of drug-likeness (QED) is 0.469. The number of aromatic nitrogens is 4. The molecular weight excluding hydrogens is 423 g/mol. The highest BCUT2D eigenvalue weighted by Crippen LogP contribution is 2.31. The summed E-state index contributed by atoms with van der Waals surface area (Å²) in [6.07, 6.45) is 3.41. The molecule has 4 aromatic rings. The summed E-state index contributed by atoms with van der Waals surface area (Å²) < 4.78 is 3.42. The Labute approximate surface area is 183 Å². The number of halogens is 2. The van der Waals surface area contributed by atoms with Crippen LogP contribution < -0.4 is 11.1 Å². The summed E-state index contributed by atoms with van der Waals surface area (Å²) in [6.45, 7) is 1.97. The van der Waals surface area contributed by atoms with Gasteiger partial charge in [0.2, 0.25) is 0 Å². The van der Waals surface area contributed by atoms with Crippen molar-refractivity contribution in [2.24, 2.45) is 12.8 Å². The van der Waals surface area contributed by atoms with E-state index in [1.807, 2.05) is 42.8 Å². The summed E-state index contributed by atoms with van der Waals surface area (Å²) in [7, 11) is 1.95. The Morgan fingerprint density at radius 3 is 2.33 bits per heavy atom. The summed E-state index contributed by atoms with van der Waals surface area (Å²) in [5.41, 5.74) is 10.3. The Hall–Kier alpha value is -3.29. The number of nitrogens with zero attached hydrogens (tertiary/aromatic N) is 4. The Balaban J connectivity index is 1.68. The number of anilines is 2. The molecule has 2 aromatic heterocycles. The average Bonchev–Trinajstić information content (AvgIpc) is 3.26. The normalized spacial score (nSPS) is 10.9. The largest absolute Gasteiger partial charge is 0.364 e. The van der Waals surface area contributed by atoms with Crippen LogP contribution in [0.3, 0.4) is 0 Å². The minimum Gasteiger partial charge on any atom is -0.364 e. The minimum atomic E-state index is -0.665. The highest BCUT2D eigenvalue weighted by molar-refractivity contribution is 6.37. The van der Waals surface area contributed by atoms with Gasteiger partial charge >= 0.3 is 0 Å². The van der Waals surface area contributed by atoms with Crippen LogP contribution in [0.5, 0.6) is 0 Å². The number of hydrogen-bond donors (Lipinski definition) is 2. The van der Waals surface area contributed by atoms with E-state index in [2.05, 4.69) is 15.4 Å². The van der Waals surface area contributed by atoms with Crippen molar-refractivity contribution < 1.29 is 4.79 Å². The summed E-state index contributed by atoms with van der Waals surface area (Å²) >= 11 is 12.5. The zero-order valence-corrected chi connectivity index (χ0v) is 17.7. The van der Waals surface area contributed by atoms with Gasteiger partial charge in [0.15, 0.2) is 5.69 Å². The van der Waals surface area contributed by atoms with Gasteiger partial charge in [0, 0.05) is 18.3 Å². The van der Waals surface area contributed by atoms with Crippen LogP contribution in [0.2, 0.25) is 10.0 Å². The second-order valence-electron chi connectivity index (χ2n) is 6.76. The summed E-state index contributed by atoms with van der Waals surface area (Å²) in [5, 5.41) is 8.28. The molecule has 3 N–H and O–H groups in total. The fraction of sp³-hybridized carbons (Fsp3) is 0.0952. The van der Waals surface area contributed by atoms with Crippen molar-refractivity contribution in [3.63, 3.8) is 0 Å². The number of aryl methyl sites for hydroxylation is 2. The SMILES string of the molecule is Cc1ncn(C)c1-c1ccc(Nc2cn(-c3c(Cl)cccc3Cl)nc2C(N)=O)cc1. The lowest BCUT2D eigenvalue weighted by atomic mass is 10.1. The third kappa shape index (κ3) is 3.65. The number of nitrogens with two attached hydrogens (primary N) is 1. The van der Waals surface area contributed by atoms with Crippen molar-refractivity contribution in [1.82, 2.24) is 19.3 Å². The molecule has 0 spiro atoms. The van der Waals surface area contributed by atoms with Gasteiger partial charge in [0.05, 0.1) is 39.6 Å². The lowest BCUT2D eigenvalue weighted by Crippen LogP contribution is -2.14. The number of amides is 1. The van der Waals surface area contributed by atoms with Crippen molar-refractivity contribution in [2.45, 2.75) is 6.92 Å². The van der Waals surface area contributed by atoms with E-state index in [0.717, 1.165) is 22.6 Å². The number of carbonyl (C=O) groups excluding carboxylic acids is 1. The van der Waals surface area contributed by atoms with Crippen LogP contribution in [0.25, 0.3) is 16.9 Å². The molecular formula is C21H18Cl2N6O. The third-order valence-corrected chi connectivity index (χ3v) is 5.28. The average molecular weight is 441 g/mol. The Morgan fingerprint density at radius 2 is 1.77 bits per heavy atom. The van der Waals surface area contributed by atoms with E-state index in [4.69, 9.17) is 28.9 Å². The van der Waals surface area contributed by atoms with Gasteiger partial charge in [0.25, 0.3) is 5.91 Å². The van der Waals surface area contributed by atoms with E-state index in [0.29, 0.717) is 21.4 Å². The zero-order valence-electron chi connectivity index (χ0n) is 16.2. The van der Waals surface area contributed by atoms with E-state index in [1.54, 1.807) is 30.7 Å². The van der Waals surface area contributed by atoms with Gasteiger partial charge in [-0.15, -0.1) is 0 Å². The maximum absolute atomic E-state index is 11.9. The Bertz CT molecular complexity index is 1200. The van der Waals surface area contributed by atoms with Crippen LogP contribution in [-0.4, -0.2) is 25.2 Å². The van der Waals surface area contributed by atoms with Gasteiger partial charge in [0.1, 0.15) is 5.69 Å². The van der Waals surface area contributed by atoms with Gasteiger partial charge < -0.3 is 15.6 Å². The number of para-hydroxylation sites is 1. The lowest BCUT2D eigenvalue weighted by molar-refractivity contribution is 0.0996. The second-order valence-corrected chi connectivity index (χ2v) is 7.58. The number of imidazole rings is 1. The van der Waals surface area contributed by atoms with Crippen LogP contribution in [0.15, 0.2) is 55.0 Å². The monoisotopic (exact) mass is 440 g/mol. The molecule has 2 aromatic carbocycles. The smallest absolute Gasteiger partial charge is 0.271 e. The maximum atomic E-state index is 11.9. The van der Waals surface area contributed by atoms with Gasteiger partial charge in [-0.25, -0.2) is 9.67 Å². The summed E-state index contributed by atoms with van der Waals surface area (Å²) in [6, 6.07) is 12.9. The lowest BCUT2D eigenvalue weighted by Gasteiger charge is -2.08. The van der Waals surface area contributed by atoms with Gasteiger partial charge in [-0.3, -0.25) is 4.79 Å². The van der Waals surface area contributed by atoms with Crippen molar-refractivity contribution >= 4 is 40.5 Å². The third-order valence-electron chi connectivity index (χ3n) is 4.67. The molecule has 0 fully saturated rings. The van der Waals surface area contributed by atoms with E-state index >= 15 is 0 Å². The van der Waals surface area contributed by atoms with Crippen molar-refractivity contribution in [3.05, 3.63) is 76.4 Å². The fourth-order valence-corrected chi connectivity index (χ4v) is 3.87. The molecule has 0 saturated carbocycles.